The summed E-state index contributed by atoms with van der Waals surface area (Å²) in [6.45, 7) is 5.53. The van der Waals surface area contributed by atoms with Gasteiger partial charge >= 0.3 is 0 Å². The molecule has 2 rings (SSSR count). The lowest BCUT2D eigenvalue weighted by Crippen LogP contribution is -2.35. The fraction of sp³-hybridized carbons (Fsp3) is 0.429. The molecule has 0 aliphatic carbocycles. The first-order valence-corrected chi connectivity index (χ1v) is 6.34. The van der Waals surface area contributed by atoms with Gasteiger partial charge in [-0.2, -0.15) is 0 Å². The van der Waals surface area contributed by atoms with Crippen LogP contribution in [0.3, 0.4) is 0 Å². The smallest absolute Gasteiger partial charge is 0.290 e. The van der Waals surface area contributed by atoms with Crippen molar-refractivity contribution in [3.05, 3.63) is 29.3 Å². The summed E-state index contributed by atoms with van der Waals surface area (Å²) in [7, 11) is 0. The standard InChI is InChI=1S/C14H19N3O/c1-10-6-5-7-11(2)12(10)17-14(18)13-15-8-3-4-9-16-13/h5-7H,3-4,8-9H2,1-2H3,(H,15,16)(H,17,18). The van der Waals surface area contributed by atoms with E-state index in [0.717, 1.165) is 42.7 Å². The molecule has 4 heteroatoms. The van der Waals surface area contributed by atoms with Crippen molar-refractivity contribution in [2.75, 3.05) is 18.4 Å². The van der Waals surface area contributed by atoms with Gasteiger partial charge in [-0.25, -0.2) is 0 Å². The lowest BCUT2D eigenvalue weighted by molar-refractivity contribution is -0.110. The van der Waals surface area contributed by atoms with Gasteiger partial charge in [0.2, 0.25) is 0 Å². The zero-order chi connectivity index (χ0) is 13.0. The van der Waals surface area contributed by atoms with Crippen LogP contribution >= 0.6 is 0 Å². The molecular weight excluding hydrogens is 226 g/mol. The molecule has 1 heterocycles. The molecule has 1 amide bonds. The maximum atomic E-state index is 12.1. The third kappa shape index (κ3) is 2.88. The lowest BCUT2D eigenvalue weighted by atomic mass is 10.1. The number of aryl methyl sites for hydroxylation is 2. The largest absolute Gasteiger partial charge is 0.366 e. The molecular formula is C14H19N3O. The predicted octanol–water partition coefficient (Wildman–Crippen LogP) is 2.02. The second-order valence-corrected chi connectivity index (χ2v) is 4.59. The molecule has 1 aliphatic heterocycles. The summed E-state index contributed by atoms with van der Waals surface area (Å²) in [5.41, 5.74) is 3.02. The fourth-order valence-electron chi connectivity index (χ4n) is 2.03. The van der Waals surface area contributed by atoms with Crippen LogP contribution in [-0.4, -0.2) is 24.8 Å². The summed E-state index contributed by atoms with van der Waals surface area (Å²) in [5.74, 6) is 0.310. The molecule has 4 nitrogen and oxygen atoms in total. The fourth-order valence-corrected chi connectivity index (χ4v) is 2.03. The van der Waals surface area contributed by atoms with Crippen LogP contribution in [0.15, 0.2) is 23.2 Å². The Labute approximate surface area is 108 Å². The number of nitrogens with zero attached hydrogens (tertiary/aromatic N) is 1. The van der Waals surface area contributed by atoms with E-state index in [4.69, 9.17) is 0 Å². The van der Waals surface area contributed by atoms with Crippen LogP contribution in [-0.2, 0) is 4.79 Å². The summed E-state index contributed by atoms with van der Waals surface area (Å²) in [6.07, 6.45) is 2.09. The SMILES string of the molecule is Cc1cccc(C)c1NC(=O)C1=NCCCCN1. The maximum absolute atomic E-state index is 12.1. The minimum atomic E-state index is -0.144. The first-order valence-electron chi connectivity index (χ1n) is 6.34. The van der Waals surface area contributed by atoms with Crippen molar-refractivity contribution in [1.82, 2.24) is 5.32 Å². The number of aliphatic imine (C=N–C) groups is 1. The van der Waals surface area contributed by atoms with Crippen molar-refractivity contribution >= 4 is 17.4 Å². The van der Waals surface area contributed by atoms with Gasteiger partial charge in [0.25, 0.3) is 5.91 Å². The summed E-state index contributed by atoms with van der Waals surface area (Å²) in [5, 5.41) is 6.02. The van der Waals surface area contributed by atoms with E-state index in [-0.39, 0.29) is 5.91 Å². The van der Waals surface area contributed by atoms with Gasteiger partial charge in [-0.05, 0) is 37.8 Å². The zero-order valence-corrected chi connectivity index (χ0v) is 10.9. The number of hydrogen-bond donors (Lipinski definition) is 2. The van der Waals surface area contributed by atoms with Crippen molar-refractivity contribution < 1.29 is 4.79 Å². The number of rotatable bonds is 2. The minimum Gasteiger partial charge on any atom is -0.366 e. The maximum Gasteiger partial charge on any atom is 0.290 e. The molecule has 1 aromatic rings. The first-order chi connectivity index (χ1) is 8.68. The van der Waals surface area contributed by atoms with E-state index in [9.17, 15) is 4.79 Å². The monoisotopic (exact) mass is 245 g/mol. The number of para-hydroxylation sites is 1. The average molecular weight is 245 g/mol. The van der Waals surface area contributed by atoms with Crippen LogP contribution in [0.1, 0.15) is 24.0 Å². The lowest BCUT2D eigenvalue weighted by Gasteiger charge is -2.12. The Balaban J connectivity index is 2.13. The molecule has 1 aliphatic rings. The number of amides is 1. The number of benzene rings is 1. The van der Waals surface area contributed by atoms with E-state index in [2.05, 4.69) is 15.6 Å². The van der Waals surface area contributed by atoms with Gasteiger partial charge in [0.05, 0.1) is 0 Å². The Morgan fingerprint density at radius 3 is 2.72 bits per heavy atom. The molecule has 0 bridgehead atoms. The molecule has 2 N–H and O–H groups in total. The Kier molecular flexibility index (Phi) is 3.97. The van der Waals surface area contributed by atoms with Crippen molar-refractivity contribution in [3.63, 3.8) is 0 Å². The van der Waals surface area contributed by atoms with Crippen molar-refractivity contribution in [2.24, 2.45) is 4.99 Å². The van der Waals surface area contributed by atoms with Crippen LogP contribution in [0.25, 0.3) is 0 Å². The Morgan fingerprint density at radius 2 is 2.00 bits per heavy atom. The molecule has 0 aromatic heterocycles. The highest BCUT2D eigenvalue weighted by Gasteiger charge is 2.14. The van der Waals surface area contributed by atoms with Crippen LogP contribution in [0.2, 0.25) is 0 Å². The van der Waals surface area contributed by atoms with Gasteiger partial charge in [0, 0.05) is 18.8 Å². The van der Waals surface area contributed by atoms with Crippen molar-refractivity contribution in [3.8, 4) is 0 Å². The molecule has 0 spiro atoms. The average Bonchev–Trinajstić information content (AvgIpc) is 2.62. The molecule has 0 radical (unpaired) electrons. The second kappa shape index (κ2) is 5.67. The van der Waals surface area contributed by atoms with Crippen molar-refractivity contribution in [1.29, 1.82) is 0 Å². The zero-order valence-electron chi connectivity index (χ0n) is 10.9. The van der Waals surface area contributed by atoms with Crippen LogP contribution in [0.5, 0.6) is 0 Å². The van der Waals surface area contributed by atoms with Gasteiger partial charge in [-0.1, -0.05) is 18.2 Å². The van der Waals surface area contributed by atoms with Gasteiger partial charge in [0.15, 0.2) is 5.84 Å². The van der Waals surface area contributed by atoms with Crippen LogP contribution < -0.4 is 10.6 Å². The van der Waals surface area contributed by atoms with Gasteiger partial charge in [0.1, 0.15) is 0 Å². The summed E-state index contributed by atoms with van der Waals surface area (Å²) in [6, 6.07) is 5.97. The molecule has 0 atom stereocenters. The molecule has 0 saturated carbocycles. The van der Waals surface area contributed by atoms with Crippen molar-refractivity contribution in [2.45, 2.75) is 26.7 Å². The molecule has 0 unspecified atom stereocenters. The highest BCUT2D eigenvalue weighted by Crippen LogP contribution is 2.19. The normalized spacial score (nSPS) is 15.3. The summed E-state index contributed by atoms with van der Waals surface area (Å²) < 4.78 is 0. The summed E-state index contributed by atoms with van der Waals surface area (Å²) in [4.78, 5) is 16.4. The third-order valence-electron chi connectivity index (χ3n) is 3.08. The van der Waals surface area contributed by atoms with Gasteiger partial charge < -0.3 is 10.6 Å². The number of carbonyl (C=O) groups excluding carboxylic acids is 1. The highest BCUT2D eigenvalue weighted by atomic mass is 16.2. The van der Waals surface area contributed by atoms with Gasteiger partial charge in [-0.3, -0.25) is 9.79 Å². The molecule has 1 aromatic carbocycles. The number of nitrogens with one attached hydrogen (secondary N) is 2. The van der Waals surface area contributed by atoms with E-state index < -0.39 is 0 Å². The van der Waals surface area contributed by atoms with E-state index in [1.54, 1.807) is 0 Å². The second-order valence-electron chi connectivity index (χ2n) is 4.59. The minimum absolute atomic E-state index is 0.144. The van der Waals surface area contributed by atoms with E-state index in [0.29, 0.717) is 5.84 Å². The number of hydrogen-bond acceptors (Lipinski definition) is 3. The van der Waals surface area contributed by atoms with Crippen LogP contribution in [0.4, 0.5) is 5.69 Å². The summed E-state index contributed by atoms with van der Waals surface area (Å²) >= 11 is 0. The van der Waals surface area contributed by atoms with E-state index in [1.807, 2.05) is 32.0 Å². The molecule has 0 fully saturated rings. The number of anilines is 1. The third-order valence-corrected chi connectivity index (χ3v) is 3.08. The first kappa shape index (κ1) is 12.6. The quantitative estimate of drug-likeness (QED) is 0.837. The highest BCUT2D eigenvalue weighted by molar-refractivity contribution is 6.42. The van der Waals surface area contributed by atoms with E-state index in [1.165, 1.54) is 0 Å². The predicted molar refractivity (Wildman–Crippen MR) is 74.1 cm³/mol. The van der Waals surface area contributed by atoms with Crippen LogP contribution in [0, 0.1) is 13.8 Å². The van der Waals surface area contributed by atoms with E-state index >= 15 is 0 Å². The Morgan fingerprint density at radius 1 is 1.28 bits per heavy atom. The molecule has 0 saturated heterocycles. The Bertz CT molecular complexity index is 460. The number of amidine groups is 1. The molecule has 96 valence electrons. The number of carbonyl (C=O) groups is 1. The topological polar surface area (TPSA) is 53.5 Å². The van der Waals surface area contributed by atoms with Gasteiger partial charge in [-0.15, -0.1) is 0 Å². The Hall–Kier alpha value is -1.84. The molecule has 18 heavy (non-hydrogen) atoms.